The molecular formula is C19H18N2O6S. The van der Waals surface area contributed by atoms with Crippen LogP contribution >= 0.6 is 0 Å². The Kier molecular flexibility index (Phi) is 5.19. The molecule has 1 aliphatic heterocycles. The molecule has 3 rings (SSSR count). The lowest BCUT2D eigenvalue weighted by Crippen LogP contribution is -2.30. The summed E-state index contributed by atoms with van der Waals surface area (Å²) in [7, 11) is -2.41. The number of nitrogens with zero attached hydrogens (tertiary/aromatic N) is 1. The Labute approximate surface area is 162 Å². The van der Waals surface area contributed by atoms with Crippen LogP contribution in [0.4, 0.5) is 11.4 Å². The smallest absolute Gasteiger partial charge is 0.337 e. The zero-order valence-electron chi connectivity index (χ0n) is 15.2. The molecular weight excluding hydrogens is 384 g/mol. The number of ether oxygens (including phenoxy) is 1. The van der Waals surface area contributed by atoms with Crippen LogP contribution in [0, 0.1) is 5.92 Å². The molecule has 9 heteroatoms. The van der Waals surface area contributed by atoms with E-state index in [0.29, 0.717) is 11.3 Å². The van der Waals surface area contributed by atoms with Gasteiger partial charge in [-0.25, -0.2) is 17.5 Å². The summed E-state index contributed by atoms with van der Waals surface area (Å²) in [4.78, 5) is 35.9. The molecule has 1 aliphatic rings. The van der Waals surface area contributed by atoms with E-state index in [1.165, 1.54) is 43.5 Å². The number of rotatable bonds is 4. The minimum atomic E-state index is -3.69. The second-order valence-electron chi connectivity index (χ2n) is 6.35. The fourth-order valence-electron chi connectivity index (χ4n) is 2.85. The molecule has 0 aromatic heterocycles. The summed E-state index contributed by atoms with van der Waals surface area (Å²) >= 11 is 0. The number of hydrogen-bond acceptors (Lipinski definition) is 6. The van der Waals surface area contributed by atoms with Gasteiger partial charge in [0.25, 0.3) is 5.91 Å². The van der Waals surface area contributed by atoms with E-state index in [9.17, 15) is 22.8 Å². The van der Waals surface area contributed by atoms with Crippen molar-refractivity contribution in [3.05, 3.63) is 59.7 Å². The molecule has 1 atom stereocenters. The van der Waals surface area contributed by atoms with Crippen molar-refractivity contribution in [2.75, 3.05) is 22.5 Å². The van der Waals surface area contributed by atoms with Gasteiger partial charge < -0.3 is 10.1 Å². The maximum atomic E-state index is 12.4. The molecule has 1 N–H and O–H groups in total. The molecule has 2 aromatic carbocycles. The number of esters is 1. The van der Waals surface area contributed by atoms with Crippen LogP contribution in [0.15, 0.2) is 48.5 Å². The van der Waals surface area contributed by atoms with Gasteiger partial charge in [-0.1, -0.05) is 6.92 Å². The maximum absolute atomic E-state index is 12.4. The van der Waals surface area contributed by atoms with E-state index < -0.39 is 33.7 Å². The fraction of sp³-hybridized carbons (Fsp3) is 0.211. The van der Waals surface area contributed by atoms with E-state index >= 15 is 0 Å². The Morgan fingerprint density at radius 1 is 1.04 bits per heavy atom. The van der Waals surface area contributed by atoms with Crippen molar-refractivity contribution in [3.8, 4) is 0 Å². The molecule has 0 radical (unpaired) electrons. The quantitative estimate of drug-likeness (QED) is 0.784. The standard InChI is InChI=1S/C19H18N2O6S/c1-12-11-28(25,26)21(18(12)23)16-9-5-13(6-10-16)17(22)20-15-7-3-14(4-8-15)19(24)27-2/h3-10,12H,11H2,1-2H3,(H,20,22). The van der Waals surface area contributed by atoms with Gasteiger partial charge in [0.1, 0.15) is 0 Å². The maximum Gasteiger partial charge on any atom is 0.337 e. The lowest BCUT2D eigenvalue weighted by atomic mass is 10.1. The van der Waals surface area contributed by atoms with Crippen LogP contribution in [0.1, 0.15) is 27.6 Å². The van der Waals surface area contributed by atoms with E-state index in [4.69, 9.17) is 0 Å². The van der Waals surface area contributed by atoms with E-state index in [2.05, 4.69) is 10.1 Å². The molecule has 2 aromatic rings. The lowest BCUT2D eigenvalue weighted by molar-refractivity contribution is -0.119. The number of sulfonamides is 1. The highest BCUT2D eigenvalue weighted by Gasteiger charge is 2.41. The first-order chi connectivity index (χ1) is 13.2. The summed E-state index contributed by atoms with van der Waals surface area (Å²) in [6, 6.07) is 11.9. The Bertz CT molecular complexity index is 1030. The van der Waals surface area contributed by atoms with Crippen molar-refractivity contribution in [2.24, 2.45) is 5.92 Å². The molecule has 2 amide bonds. The molecule has 1 fully saturated rings. The van der Waals surface area contributed by atoms with Crippen molar-refractivity contribution in [1.82, 2.24) is 0 Å². The highest BCUT2D eigenvalue weighted by atomic mass is 32.2. The van der Waals surface area contributed by atoms with Gasteiger partial charge in [-0.15, -0.1) is 0 Å². The van der Waals surface area contributed by atoms with Crippen molar-refractivity contribution >= 4 is 39.2 Å². The third-order valence-corrected chi connectivity index (χ3v) is 6.16. The third-order valence-electron chi connectivity index (χ3n) is 4.29. The lowest BCUT2D eigenvalue weighted by Gasteiger charge is -2.15. The van der Waals surface area contributed by atoms with E-state index in [1.54, 1.807) is 19.1 Å². The molecule has 1 saturated heterocycles. The highest BCUT2D eigenvalue weighted by Crippen LogP contribution is 2.28. The normalized spacial score (nSPS) is 18.0. The molecule has 0 bridgehead atoms. The first kappa shape index (κ1) is 19.6. The van der Waals surface area contributed by atoms with Gasteiger partial charge in [0.05, 0.1) is 30.0 Å². The summed E-state index contributed by atoms with van der Waals surface area (Å²) in [5.74, 6) is -2.20. The second-order valence-corrected chi connectivity index (χ2v) is 8.21. The Morgan fingerprint density at radius 3 is 2.11 bits per heavy atom. The number of carbonyl (C=O) groups excluding carboxylic acids is 3. The summed E-state index contributed by atoms with van der Waals surface area (Å²) in [6.07, 6.45) is 0. The molecule has 146 valence electrons. The minimum absolute atomic E-state index is 0.202. The molecule has 0 spiro atoms. The van der Waals surface area contributed by atoms with Gasteiger partial charge in [-0.05, 0) is 48.5 Å². The summed E-state index contributed by atoms with van der Waals surface area (Å²) in [6.45, 7) is 1.56. The number of amides is 2. The van der Waals surface area contributed by atoms with Gasteiger partial charge >= 0.3 is 5.97 Å². The predicted molar refractivity (Wildman–Crippen MR) is 103 cm³/mol. The van der Waals surface area contributed by atoms with E-state index in [-0.39, 0.29) is 17.0 Å². The van der Waals surface area contributed by atoms with Crippen LogP contribution in [-0.2, 0) is 19.6 Å². The van der Waals surface area contributed by atoms with Crippen LogP contribution in [0.5, 0.6) is 0 Å². The van der Waals surface area contributed by atoms with Crippen molar-refractivity contribution in [2.45, 2.75) is 6.92 Å². The average molecular weight is 402 g/mol. The molecule has 1 heterocycles. The van der Waals surface area contributed by atoms with Gasteiger partial charge in [0.2, 0.25) is 15.9 Å². The number of benzene rings is 2. The molecule has 0 aliphatic carbocycles. The number of methoxy groups -OCH3 is 1. The van der Waals surface area contributed by atoms with Crippen LogP contribution in [-0.4, -0.2) is 39.1 Å². The van der Waals surface area contributed by atoms with E-state index in [1.807, 2.05) is 0 Å². The first-order valence-corrected chi connectivity index (χ1v) is 10.0. The predicted octanol–water partition coefficient (Wildman–Crippen LogP) is 2.04. The number of anilines is 2. The topological polar surface area (TPSA) is 110 Å². The summed E-state index contributed by atoms with van der Waals surface area (Å²) < 4.78 is 29.7. The zero-order valence-corrected chi connectivity index (χ0v) is 16.0. The number of hydrogen-bond donors (Lipinski definition) is 1. The fourth-order valence-corrected chi connectivity index (χ4v) is 4.67. The summed E-state index contributed by atoms with van der Waals surface area (Å²) in [5.41, 5.74) is 1.33. The Balaban J connectivity index is 1.74. The SMILES string of the molecule is COC(=O)c1ccc(NC(=O)c2ccc(N3C(=O)C(C)CS3(=O)=O)cc2)cc1. The molecule has 28 heavy (non-hydrogen) atoms. The largest absolute Gasteiger partial charge is 0.465 e. The highest BCUT2D eigenvalue weighted by molar-refractivity contribution is 7.94. The zero-order chi connectivity index (χ0) is 20.5. The van der Waals surface area contributed by atoms with Crippen LogP contribution in [0.3, 0.4) is 0 Å². The van der Waals surface area contributed by atoms with Gasteiger partial charge in [0.15, 0.2) is 0 Å². The number of nitrogens with one attached hydrogen (secondary N) is 1. The average Bonchev–Trinajstić information content (AvgIpc) is 2.88. The van der Waals surface area contributed by atoms with Crippen LogP contribution in [0.2, 0.25) is 0 Å². The van der Waals surface area contributed by atoms with Crippen molar-refractivity contribution < 1.29 is 27.5 Å². The molecule has 0 saturated carbocycles. The first-order valence-electron chi connectivity index (χ1n) is 8.39. The van der Waals surface area contributed by atoms with Crippen molar-refractivity contribution in [3.63, 3.8) is 0 Å². The monoisotopic (exact) mass is 402 g/mol. The van der Waals surface area contributed by atoms with Crippen LogP contribution < -0.4 is 9.62 Å². The van der Waals surface area contributed by atoms with Gasteiger partial charge in [0, 0.05) is 11.3 Å². The van der Waals surface area contributed by atoms with E-state index in [0.717, 1.165) is 4.31 Å². The van der Waals surface area contributed by atoms with Crippen molar-refractivity contribution in [1.29, 1.82) is 0 Å². The van der Waals surface area contributed by atoms with Gasteiger partial charge in [-0.3, -0.25) is 9.59 Å². The van der Waals surface area contributed by atoms with Crippen LogP contribution in [0.25, 0.3) is 0 Å². The third kappa shape index (κ3) is 3.74. The Hall–Kier alpha value is -3.20. The Morgan fingerprint density at radius 2 is 1.61 bits per heavy atom. The minimum Gasteiger partial charge on any atom is -0.465 e. The summed E-state index contributed by atoms with van der Waals surface area (Å²) in [5, 5.41) is 2.67. The second kappa shape index (κ2) is 7.43. The molecule has 8 nitrogen and oxygen atoms in total. The number of carbonyl (C=O) groups is 3. The molecule has 1 unspecified atom stereocenters. The van der Waals surface area contributed by atoms with Gasteiger partial charge in [-0.2, -0.15) is 0 Å².